The number of benzene rings is 3. The number of anilines is 3. The van der Waals surface area contributed by atoms with Gasteiger partial charge in [-0.05, 0) is 72.9 Å². The van der Waals surface area contributed by atoms with Crippen molar-refractivity contribution in [1.82, 2.24) is 0 Å². The van der Waals surface area contributed by atoms with Gasteiger partial charge >= 0.3 is 0 Å². The lowest BCUT2D eigenvalue weighted by atomic mass is 9.77. The first kappa shape index (κ1) is 17.9. The summed E-state index contributed by atoms with van der Waals surface area (Å²) < 4.78 is 5.61. The minimum atomic E-state index is 0.311. The summed E-state index contributed by atoms with van der Waals surface area (Å²) in [6.45, 7) is 2.71. The monoisotopic (exact) mass is 382 g/mol. The third-order valence-electron chi connectivity index (χ3n) is 5.98. The second-order valence-corrected chi connectivity index (χ2v) is 7.77. The van der Waals surface area contributed by atoms with E-state index in [9.17, 15) is 0 Å². The zero-order chi connectivity index (χ0) is 19.6. The maximum atomic E-state index is 5.61. The van der Waals surface area contributed by atoms with Gasteiger partial charge < -0.3 is 15.4 Å². The first-order valence-corrected chi connectivity index (χ1v) is 10.4. The van der Waals surface area contributed by atoms with Crippen LogP contribution in [0.2, 0.25) is 0 Å². The predicted molar refractivity (Wildman–Crippen MR) is 120 cm³/mol. The zero-order valence-electron chi connectivity index (χ0n) is 16.6. The molecule has 5 rings (SSSR count). The summed E-state index contributed by atoms with van der Waals surface area (Å²) in [6, 6.07) is 25.9. The Morgan fingerprint density at radius 2 is 1.79 bits per heavy atom. The maximum Gasteiger partial charge on any atom is 0.119 e. The van der Waals surface area contributed by atoms with Crippen molar-refractivity contribution >= 4 is 17.1 Å². The van der Waals surface area contributed by atoms with Gasteiger partial charge in [0.05, 0.1) is 12.6 Å². The number of nitrogens with one attached hydrogen (secondary N) is 2. The Kier molecular flexibility index (Phi) is 4.73. The van der Waals surface area contributed by atoms with Crippen molar-refractivity contribution in [1.29, 1.82) is 0 Å². The van der Waals surface area contributed by atoms with E-state index in [1.807, 2.05) is 13.0 Å². The van der Waals surface area contributed by atoms with E-state index in [1.54, 1.807) is 0 Å². The molecule has 3 aromatic carbocycles. The molecule has 0 spiro atoms. The number of hydrogen-bond donors (Lipinski definition) is 2. The average molecular weight is 383 g/mol. The van der Waals surface area contributed by atoms with E-state index in [0.29, 0.717) is 24.5 Å². The number of para-hydroxylation sites is 1. The minimum absolute atomic E-state index is 0.311. The maximum absolute atomic E-state index is 5.61. The van der Waals surface area contributed by atoms with Crippen LogP contribution in [0.5, 0.6) is 5.75 Å². The van der Waals surface area contributed by atoms with Crippen molar-refractivity contribution in [3.05, 3.63) is 96.1 Å². The number of ether oxygens (including phenoxy) is 1. The van der Waals surface area contributed by atoms with Gasteiger partial charge in [0.1, 0.15) is 5.75 Å². The van der Waals surface area contributed by atoms with Gasteiger partial charge in [-0.1, -0.05) is 42.5 Å². The molecule has 1 aliphatic heterocycles. The molecule has 0 bridgehead atoms. The lowest BCUT2D eigenvalue weighted by Crippen LogP contribution is -2.29. The zero-order valence-corrected chi connectivity index (χ0v) is 16.6. The first-order chi connectivity index (χ1) is 14.3. The number of allylic oxidation sites excluding steroid dienone is 2. The Morgan fingerprint density at radius 1 is 0.966 bits per heavy atom. The first-order valence-electron chi connectivity index (χ1n) is 10.4. The highest BCUT2D eigenvalue weighted by molar-refractivity contribution is 5.68. The van der Waals surface area contributed by atoms with Crippen LogP contribution in [0.25, 0.3) is 0 Å². The molecule has 0 fully saturated rings. The molecular formula is C26H26N2O. The summed E-state index contributed by atoms with van der Waals surface area (Å²) >= 11 is 0. The summed E-state index contributed by atoms with van der Waals surface area (Å²) in [5, 5.41) is 7.35. The normalized spacial score (nSPS) is 21.8. The molecule has 2 aliphatic rings. The fourth-order valence-corrected chi connectivity index (χ4v) is 4.63. The molecule has 29 heavy (non-hydrogen) atoms. The van der Waals surface area contributed by atoms with Crippen LogP contribution in [-0.2, 0) is 0 Å². The molecule has 3 atom stereocenters. The molecule has 3 nitrogen and oxygen atoms in total. The molecule has 0 amide bonds. The van der Waals surface area contributed by atoms with E-state index < -0.39 is 0 Å². The van der Waals surface area contributed by atoms with Crippen LogP contribution in [0.3, 0.4) is 0 Å². The second kappa shape index (κ2) is 7.67. The number of hydrogen-bond acceptors (Lipinski definition) is 3. The predicted octanol–water partition coefficient (Wildman–Crippen LogP) is 6.66. The molecule has 3 unspecified atom stereocenters. The van der Waals surface area contributed by atoms with Crippen LogP contribution >= 0.6 is 0 Å². The van der Waals surface area contributed by atoms with E-state index in [2.05, 4.69) is 89.5 Å². The van der Waals surface area contributed by atoms with Gasteiger partial charge in [-0.3, -0.25) is 0 Å². The fraction of sp³-hybridized carbons (Fsp3) is 0.231. The number of rotatable bonds is 5. The summed E-state index contributed by atoms with van der Waals surface area (Å²) in [5.41, 5.74) is 6.18. The van der Waals surface area contributed by atoms with Crippen LogP contribution < -0.4 is 15.4 Å². The van der Waals surface area contributed by atoms with Crippen LogP contribution in [0.4, 0.5) is 17.1 Å². The highest BCUT2D eigenvalue weighted by Gasteiger charge is 2.37. The Labute approximate surface area is 172 Å². The molecule has 0 saturated heterocycles. The molecule has 0 saturated carbocycles. The third kappa shape index (κ3) is 3.49. The summed E-state index contributed by atoms with van der Waals surface area (Å²) in [7, 11) is 0. The van der Waals surface area contributed by atoms with Gasteiger partial charge in [0, 0.05) is 23.0 Å². The summed E-state index contributed by atoms with van der Waals surface area (Å²) in [5.74, 6) is 1.91. The Bertz CT molecular complexity index is 1010. The standard InChI is InChI=1S/C26H26N2O/c1-2-29-21-14-11-18(12-15-21)26-23-10-6-9-22(23)24-17-20(13-16-25(24)28-26)27-19-7-4-3-5-8-19/h3-9,11-17,22-23,26-28H,2,10H2,1H3. The Balaban J connectivity index is 1.43. The average Bonchev–Trinajstić information content (AvgIpc) is 3.25. The SMILES string of the molecule is CCOc1ccc(C2Nc3ccc(Nc4ccccc4)cc3C3C=CCC32)cc1. The molecule has 1 aliphatic carbocycles. The van der Waals surface area contributed by atoms with Crippen molar-refractivity contribution < 1.29 is 4.74 Å². The minimum Gasteiger partial charge on any atom is -0.494 e. The van der Waals surface area contributed by atoms with Crippen molar-refractivity contribution in [2.75, 3.05) is 17.2 Å². The smallest absolute Gasteiger partial charge is 0.119 e. The molecule has 3 heteroatoms. The summed E-state index contributed by atoms with van der Waals surface area (Å²) in [4.78, 5) is 0. The van der Waals surface area contributed by atoms with E-state index in [1.165, 1.54) is 16.8 Å². The van der Waals surface area contributed by atoms with Crippen LogP contribution in [-0.4, -0.2) is 6.61 Å². The highest BCUT2D eigenvalue weighted by Crippen LogP contribution is 2.50. The molecule has 1 heterocycles. The van der Waals surface area contributed by atoms with Gasteiger partial charge in [-0.25, -0.2) is 0 Å². The highest BCUT2D eigenvalue weighted by atomic mass is 16.5. The molecule has 0 aromatic heterocycles. The van der Waals surface area contributed by atoms with Crippen LogP contribution in [0, 0.1) is 5.92 Å². The van der Waals surface area contributed by atoms with Gasteiger partial charge in [-0.2, -0.15) is 0 Å². The molecular weight excluding hydrogens is 356 g/mol. The van der Waals surface area contributed by atoms with Gasteiger partial charge in [0.25, 0.3) is 0 Å². The quantitative estimate of drug-likeness (QED) is 0.484. The molecule has 3 aromatic rings. The van der Waals surface area contributed by atoms with Gasteiger partial charge in [0.15, 0.2) is 0 Å². The van der Waals surface area contributed by atoms with Crippen molar-refractivity contribution in [3.8, 4) is 5.75 Å². The molecule has 2 N–H and O–H groups in total. The Morgan fingerprint density at radius 3 is 2.59 bits per heavy atom. The van der Waals surface area contributed by atoms with Crippen molar-refractivity contribution in [2.24, 2.45) is 5.92 Å². The van der Waals surface area contributed by atoms with E-state index >= 15 is 0 Å². The van der Waals surface area contributed by atoms with Crippen LogP contribution in [0.1, 0.15) is 36.4 Å². The van der Waals surface area contributed by atoms with E-state index in [4.69, 9.17) is 4.74 Å². The van der Waals surface area contributed by atoms with Gasteiger partial charge in [0.2, 0.25) is 0 Å². The topological polar surface area (TPSA) is 33.3 Å². The van der Waals surface area contributed by atoms with E-state index in [0.717, 1.165) is 23.5 Å². The Hall–Kier alpha value is -3.20. The van der Waals surface area contributed by atoms with E-state index in [-0.39, 0.29) is 0 Å². The largest absolute Gasteiger partial charge is 0.494 e. The summed E-state index contributed by atoms with van der Waals surface area (Å²) in [6.07, 6.45) is 5.83. The lowest BCUT2D eigenvalue weighted by Gasteiger charge is -2.37. The third-order valence-corrected chi connectivity index (χ3v) is 5.98. The lowest BCUT2D eigenvalue weighted by molar-refractivity contribution is 0.340. The molecule has 0 radical (unpaired) electrons. The number of fused-ring (bicyclic) bond motifs is 3. The molecule has 146 valence electrons. The van der Waals surface area contributed by atoms with Crippen molar-refractivity contribution in [3.63, 3.8) is 0 Å². The van der Waals surface area contributed by atoms with Crippen LogP contribution in [0.15, 0.2) is 84.9 Å². The van der Waals surface area contributed by atoms with Crippen molar-refractivity contribution in [2.45, 2.75) is 25.3 Å². The van der Waals surface area contributed by atoms with Gasteiger partial charge in [-0.15, -0.1) is 0 Å². The fourth-order valence-electron chi connectivity index (χ4n) is 4.63. The second-order valence-electron chi connectivity index (χ2n) is 7.77.